The number of nitrogens with two attached hydrogens (primary N) is 1. The molecule has 0 radical (unpaired) electrons. The zero-order chi connectivity index (χ0) is 75.0. The number of ether oxygens (including phenoxy) is 2. The van der Waals surface area contributed by atoms with Crippen LogP contribution >= 0.6 is 0 Å². The molecule has 12 atom stereocenters. The van der Waals surface area contributed by atoms with Crippen molar-refractivity contribution in [2.24, 2.45) is 5.73 Å². The summed E-state index contributed by atoms with van der Waals surface area (Å²) in [5.74, 6) is -2.00. The molecule has 558 valence electrons. The molecule has 102 heavy (non-hydrogen) atoms. The van der Waals surface area contributed by atoms with Gasteiger partial charge in [-0.2, -0.15) is 0 Å². The Morgan fingerprint density at radius 3 is 1.05 bits per heavy atom. The van der Waals surface area contributed by atoms with Crippen molar-refractivity contribution >= 4 is 65.4 Å². The van der Waals surface area contributed by atoms with E-state index in [4.69, 9.17) is 15.2 Å². The highest BCUT2D eigenvalue weighted by Crippen LogP contribution is 2.44. The first-order valence-corrected chi connectivity index (χ1v) is 34.4. The molecule has 4 unspecified atom stereocenters. The lowest BCUT2D eigenvalue weighted by Gasteiger charge is -2.53. The molecule has 11 heterocycles. The molecule has 0 saturated carbocycles. The largest absolute Gasteiger partial charge is 0.444 e. The van der Waals surface area contributed by atoms with Gasteiger partial charge in [-0.15, -0.1) is 0 Å². The van der Waals surface area contributed by atoms with E-state index in [1.165, 1.54) is 64.0 Å². The summed E-state index contributed by atoms with van der Waals surface area (Å²) < 4.78 is 10.8. The maximum absolute atomic E-state index is 13.2. The summed E-state index contributed by atoms with van der Waals surface area (Å²) in [5, 5.41) is 51.2. The molecule has 11 amide bonds. The van der Waals surface area contributed by atoms with Gasteiger partial charge in [0, 0.05) is 70.3 Å². The number of hydrogen-bond donors (Lipinski definition) is 9. The third-order valence-corrected chi connectivity index (χ3v) is 19.1. The summed E-state index contributed by atoms with van der Waals surface area (Å²) in [4.78, 5) is 171. The van der Waals surface area contributed by atoms with Gasteiger partial charge in [-0.25, -0.2) is 39.5 Å². The zero-order valence-corrected chi connectivity index (χ0v) is 59.7. The van der Waals surface area contributed by atoms with Gasteiger partial charge >= 0.3 is 12.2 Å². The quantitative estimate of drug-likeness (QED) is 0.0632. The fourth-order valence-corrected chi connectivity index (χ4v) is 14.4. The Labute approximate surface area is 591 Å². The Hall–Kier alpha value is -9.19. The summed E-state index contributed by atoms with van der Waals surface area (Å²) in [6.07, 6.45) is 9.73. The normalized spacial score (nSPS) is 25.0. The van der Waals surface area contributed by atoms with Crippen molar-refractivity contribution in [1.82, 2.24) is 85.5 Å². The number of carbonyl (C=O) groups is 11. The van der Waals surface area contributed by atoms with Crippen LogP contribution in [0.1, 0.15) is 145 Å². The molecule has 35 heteroatoms. The average molecular weight is 1430 g/mol. The number of likely N-dealkylation sites (tertiary alicyclic amines) is 7. The highest BCUT2D eigenvalue weighted by atomic mass is 16.6. The van der Waals surface area contributed by atoms with Gasteiger partial charge < -0.3 is 81.4 Å². The second-order valence-corrected chi connectivity index (χ2v) is 29.0. The van der Waals surface area contributed by atoms with Gasteiger partial charge in [-0.3, -0.25) is 53.0 Å². The third-order valence-electron chi connectivity index (χ3n) is 19.1. The van der Waals surface area contributed by atoms with Gasteiger partial charge in [0.05, 0.1) is 63.7 Å². The number of nitrogens with zero attached hydrogens (tertiary/aromatic N) is 13. The fraction of sp³-hybridized carbons (Fsp3) is 0.657. The van der Waals surface area contributed by atoms with Gasteiger partial charge in [0.25, 0.3) is 17.7 Å². The van der Waals surface area contributed by atoms with Crippen LogP contribution < -0.4 is 27.0 Å². The number of β-lactam (4-membered cyclic amide) rings is 4. The smallest absolute Gasteiger partial charge is 0.411 e. The van der Waals surface area contributed by atoms with Gasteiger partial charge in [-0.1, -0.05) is 0 Å². The summed E-state index contributed by atoms with van der Waals surface area (Å²) in [6.45, 7) is 21.6. The first-order chi connectivity index (χ1) is 47.9. The lowest BCUT2D eigenvalue weighted by atomic mass is 9.83. The van der Waals surface area contributed by atoms with E-state index in [2.05, 4.69) is 51.2 Å². The lowest BCUT2D eigenvalue weighted by Crippen LogP contribution is -2.77. The van der Waals surface area contributed by atoms with Crippen LogP contribution in [0.4, 0.5) is 9.59 Å². The number of hydrogen-bond acceptors (Lipinski definition) is 24. The van der Waals surface area contributed by atoms with Crippen molar-refractivity contribution < 1.29 is 82.6 Å². The Bertz CT molecular complexity index is 3540. The number of amides is 11. The molecule has 8 aliphatic rings. The maximum atomic E-state index is 13.2. The summed E-state index contributed by atoms with van der Waals surface area (Å²) >= 11 is 0. The maximum Gasteiger partial charge on any atom is 0.411 e. The van der Waals surface area contributed by atoms with Crippen molar-refractivity contribution in [3.05, 3.63) is 72.9 Å². The van der Waals surface area contributed by atoms with Crippen LogP contribution in [0.2, 0.25) is 0 Å². The molecular weight excluding hydrogens is 1330 g/mol. The van der Waals surface area contributed by atoms with Gasteiger partial charge in [0.2, 0.25) is 35.4 Å². The number of aliphatic hydroxyl groups is 4. The van der Waals surface area contributed by atoms with E-state index in [0.717, 1.165) is 25.8 Å². The molecular formula is C67H98N18O17. The van der Waals surface area contributed by atoms with Crippen LogP contribution in [-0.2, 0) is 72.3 Å². The minimum absolute atomic E-state index is 0.0834. The van der Waals surface area contributed by atoms with E-state index >= 15 is 0 Å². The fourth-order valence-electron chi connectivity index (χ4n) is 14.4. The van der Waals surface area contributed by atoms with E-state index in [-0.39, 0.29) is 68.8 Å². The topological polar surface area (TPSA) is 461 Å². The minimum Gasteiger partial charge on any atom is -0.444 e. The van der Waals surface area contributed by atoms with Gasteiger partial charge in [0.15, 0.2) is 0 Å². The molecule has 35 nitrogen and oxygen atoms in total. The zero-order valence-electron chi connectivity index (χ0n) is 59.7. The average Bonchev–Trinajstić information content (AvgIpc) is 1.43. The van der Waals surface area contributed by atoms with Crippen LogP contribution in [0, 0.1) is 0 Å². The number of rotatable bonds is 18. The molecule has 3 aromatic heterocycles. The molecule has 8 aliphatic heterocycles. The van der Waals surface area contributed by atoms with Crippen molar-refractivity contribution in [2.45, 2.75) is 229 Å². The monoisotopic (exact) mass is 1430 g/mol. The Morgan fingerprint density at radius 2 is 0.784 bits per heavy atom. The molecule has 0 bridgehead atoms. The van der Waals surface area contributed by atoms with Crippen molar-refractivity contribution in [2.75, 3.05) is 52.4 Å². The highest BCUT2D eigenvalue weighted by Gasteiger charge is 2.66. The molecule has 0 aromatic carbocycles. The molecule has 3 aromatic rings. The van der Waals surface area contributed by atoms with Gasteiger partial charge in [0.1, 0.15) is 75.0 Å². The van der Waals surface area contributed by atoms with E-state index in [0.29, 0.717) is 75.8 Å². The number of primary amides is 1. The first kappa shape index (κ1) is 78.5. The van der Waals surface area contributed by atoms with Crippen LogP contribution in [0.15, 0.2) is 55.4 Å². The molecule has 4 spiro atoms. The second-order valence-electron chi connectivity index (χ2n) is 29.0. The van der Waals surface area contributed by atoms with Crippen LogP contribution in [-0.4, -0.2) is 284 Å². The van der Waals surface area contributed by atoms with Gasteiger partial charge in [-0.05, 0) is 145 Å². The third kappa shape index (κ3) is 17.0. The van der Waals surface area contributed by atoms with Crippen molar-refractivity contribution in [3.8, 4) is 0 Å². The van der Waals surface area contributed by atoms with Crippen molar-refractivity contribution in [1.29, 1.82) is 0 Å². The SMILES string of the molecule is CC(=O)N1CCCC12CN([C@H](C(=O)NCc1ncccn1)[C@@H](C)O)C2=O.C[C@@H](O)[C@@H](C(=O)NCc1ncccn1)N1CC2(CCCN2)C1=O.C[C@@H](O)[C@@H](C(=O)NCc1ncccn1)N1CC2(CCCN2C(=O)OC(C)(C)C)C1=O.C[C@@H](O)[C@@H](C(N)=O)N1CC2(CCCN2C(=O)OC(C)(C)C)C1=O. The van der Waals surface area contributed by atoms with E-state index in [9.17, 15) is 73.2 Å². The summed E-state index contributed by atoms with van der Waals surface area (Å²) in [5.41, 5.74) is 0.623. The standard InChI is InChI=1S/C20H29N5O5.C17H23N5O4.C15H21N5O3.C15H25N3O5/c1-13(26)15(16(27)23-11-14-21-8-6-9-22-14)24-12-20(17(24)28)7-5-10-25(20)18(29)30-19(2,3)4;1-11(23)14(15(25)20-9-13-18-6-4-7-19-13)21-10-17(16(21)26)5-3-8-22(17)12(2)24;1-10(21)12(13(22)18-8-11-16-5-3-6-17-11)20-9-15(14(20)23)4-2-7-19-15;1-9(19)10(11(16)20)17-8-15(12(17)21)6-5-7-18(15)13(22)23-14(2,3)4/h6,8-9,13,15,26H,5,7,10-12H2,1-4H3,(H,23,27);4,6-7,11,14,23H,3,5,8-10H2,1-2H3,(H,20,25);3,5-6,10,12,19,21H,2,4,7-9H2,1H3,(H,18,22);9-10,19H,5-8H2,1-4H3,(H2,16,20)/t13-,15+,20?;11-,14+,17?;10-,12+,15?;9-,10+,15?/m1111/s1. The van der Waals surface area contributed by atoms with Crippen molar-refractivity contribution in [3.63, 3.8) is 0 Å². The Balaban J connectivity index is 0.000000174. The van der Waals surface area contributed by atoms with E-state index in [1.54, 1.807) is 102 Å². The Morgan fingerprint density at radius 1 is 0.480 bits per heavy atom. The number of carbonyl (C=O) groups excluding carboxylic acids is 11. The molecule has 8 fully saturated rings. The number of aromatic nitrogens is 6. The summed E-state index contributed by atoms with van der Waals surface area (Å²) in [7, 11) is 0. The predicted molar refractivity (Wildman–Crippen MR) is 359 cm³/mol. The van der Waals surface area contributed by atoms with Crippen LogP contribution in [0.3, 0.4) is 0 Å². The predicted octanol–water partition coefficient (Wildman–Crippen LogP) is -1.84. The number of aliphatic hydroxyl groups excluding tert-OH is 4. The number of nitrogens with one attached hydrogen (secondary N) is 4. The second kappa shape index (κ2) is 32.0. The van der Waals surface area contributed by atoms with Crippen LogP contribution in [0.25, 0.3) is 0 Å². The Kier molecular flexibility index (Phi) is 24.6. The van der Waals surface area contributed by atoms with Crippen LogP contribution in [0.5, 0.6) is 0 Å². The first-order valence-electron chi connectivity index (χ1n) is 34.4. The molecule has 10 N–H and O–H groups in total. The lowest BCUT2D eigenvalue weighted by molar-refractivity contribution is -0.176. The van der Waals surface area contributed by atoms with E-state index in [1.807, 2.05) is 0 Å². The van der Waals surface area contributed by atoms with E-state index < -0.39 is 118 Å². The highest BCUT2D eigenvalue weighted by molar-refractivity contribution is 6.02. The minimum atomic E-state index is -1.08. The molecule has 8 saturated heterocycles. The molecule has 0 aliphatic carbocycles. The summed E-state index contributed by atoms with van der Waals surface area (Å²) in [6, 6.07) is 0.994. The molecule has 11 rings (SSSR count).